The maximum absolute atomic E-state index is 13.5. The number of pyridine rings is 1. The van der Waals surface area contributed by atoms with Crippen LogP contribution in [0.5, 0.6) is 0 Å². The Morgan fingerprint density at radius 2 is 1.83 bits per heavy atom. The van der Waals surface area contributed by atoms with E-state index < -0.39 is 22.4 Å². The number of halogens is 2. The number of aryl methyl sites for hydroxylation is 1. The molecule has 3 saturated carbocycles. The van der Waals surface area contributed by atoms with Crippen molar-refractivity contribution in [3.8, 4) is 17.9 Å². The molecule has 0 aliphatic heterocycles. The number of rotatable bonds is 4. The lowest BCUT2D eigenvalue weighted by atomic mass is 9.58. The first-order valence-electron chi connectivity index (χ1n) is 13.6. The Hall–Kier alpha value is -3.76. The largest absolute Gasteiger partial charge is 0.378 e. The first kappa shape index (κ1) is 27.4. The average molecular weight is 574 g/mol. The molecule has 8 nitrogen and oxygen atoms in total. The van der Waals surface area contributed by atoms with Gasteiger partial charge in [-0.25, -0.2) is 9.37 Å². The SMILES string of the molecule is Cn1cnc(C2CC3CC(O)(C#CC4(O)CC(C#N)(c5ccccn5)C4)CC3C2)c1C(=O)Nc1ccc(F)c(Cl)c1. The number of fused-ring (bicyclic) bond motifs is 1. The quantitative estimate of drug-likeness (QED) is 0.395. The lowest BCUT2D eigenvalue weighted by Crippen LogP contribution is -2.53. The van der Waals surface area contributed by atoms with Gasteiger partial charge in [0.1, 0.15) is 28.1 Å². The van der Waals surface area contributed by atoms with Gasteiger partial charge in [0.2, 0.25) is 0 Å². The first-order valence-corrected chi connectivity index (χ1v) is 14.0. The number of nitrogens with zero attached hydrogens (tertiary/aromatic N) is 4. The van der Waals surface area contributed by atoms with Crippen LogP contribution in [0, 0.1) is 40.8 Å². The average Bonchev–Trinajstić information content (AvgIpc) is 3.59. The van der Waals surface area contributed by atoms with Gasteiger partial charge in [0, 0.05) is 37.7 Å². The van der Waals surface area contributed by atoms with Gasteiger partial charge in [0.15, 0.2) is 0 Å². The molecule has 3 fully saturated rings. The summed E-state index contributed by atoms with van der Waals surface area (Å²) in [5.74, 6) is 5.42. The van der Waals surface area contributed by atoms with E-state index in [1.165, 1.54) is 18.2 Å². The van der Waals surface area contributed by atoms with Gasteiger partial charge in [0.25, 0.3) is 5.91 Å². The lowest BCUT2D eigenvalue weighted by molar-refractivity contribution is -0.0228. The number of anilines is 1. The number of hydrogen-bond acceptors (Lipinski definition) is 6. The van der Waals surface area contributed by atoms with E-state index in [-0.39, 0.29) is 41.5 Å². The molecule has 10 heteroatoms. The van der Waals surface area contributed by atoms with Crippen LogP contribution in [-0.4, -0.2) is 41.9 Å². The van der Waals surface area contributed by atoms with Crippen molar-refractivity contribution >= 4 is 23.2 Å². The molecule has 3 aromatic rings. The van der Waals surface area contributed by atoms with E-state index >= 15 is 0 Å². The summed E-state index contributed by atoms with van der Waals surface area (Å²) in [4.78, 5) is 22.0. The van der Waals surface area contributed by atoms with Crippen molar-refractivity contribution in [2.24, 2.45) is 18.9 Å². The molecule has 3 N–H and O–H groups in total. The Bertz CT molecular complexity index is 1600. The number of aromatic nitrogens is 3. The Balaban J connectivity index is 1.11. The zero-order valence-corrected chi connectivity index (χ0v) is 23.2. The summed E-state index contributed by atoms with van der Waals surface area (Å²) in [7, 11) is 1.76. The van der Waals surface area contributed by atoms with Crippen molar-refractivity contribution in [1.29, 1.82) is 5.26 Å². The molecule has 0 spiro atoms. The number of aliphatic hydroxyl groups is 2. The van der Waals surface area contributed by atoms with Gasteiger partial charge in [-0.05, 0) is 67.9 Å². The van der Waals surface area contributed by atoms with E-state index in [1.807, 2.05) is 6.07 Å². The number of nitrogens with one attached hydrogen (secondary N) is 1. The fraction of sp³-hybridized carbons (Fsp3) is 0.419. The first-order chi connectivity index (χ1) is 19.5. The Morgan fingerprint density at radius 3 is 2.46 bits per heavy atom. The maximum atomic E-state index is 13.5. The van der Waals surface area contributed by atoms with Crippen molar-refractivity contribution in [2.45, 2.75) is 61.1 Å². The smallest absolute Gasteiger partial charge is 0.274 e. The minimum Gasteiger partial charge on any atom is -0.378 e. The van der Waals surface area contributed by atoms with Crippen LogP contribution in [0.25, 0.3) is 0 Å². The number of carbonyl (C=O) groups is 1. The summed E-state index contributed by atoms with van der Waals surface area (Å²) in [5, 5.41) is 34.8. The van der Waals surface area contributed by atoms with Crippen molar-refractivity contribution in [1.82, 2.24) is 14.5 Å². The fourth-order valence-electron chi connectivity index (χ4n) is 7.01. The molecule has 6 rings (SSSR count). The summed E-state index contributed by atoms with van der Waals surface area (Å²) in [6, 6.07) is 11.7. The van der Waals surface area contributed by atoms with E-state index in [1.54, 1.807) is 36.3 Å². The number of benzene rings is 1. The number of imidazole rings is 1. The molecule has 3 aliphatic rings. The molecule has 1 amide bonds. The van der Waals surface area contributed by atoms with E-state index in [4.69, 9.17) is 11.6 Å². The molecular formula is C31H29ClFN5O3. The number of nitriles is 1. The third-order valence-electron chi connectivity index (χ3n) is 8.87. The van der Waals surface area contributed by atoms with Gasteiger partial charge in [0.05, 0.1) is 28.8 Å². The zero-order valence-electron chi connectivity index (χ0n) is 22.4. The highest BCUT2D eigenvalue weighted by atomic mass is 35.5. The summed E-state index contributed by atoms with van der Waals surface area (Å²) in [6.45, 7) is 0. The maximum Gasteiger partial charge on any atom is 0.274 e. The fourth-order valence-corrected chi connectivity index (χ4v) is 7.19. The van der Waals surface area contributed by atoms with E-state index in [9.17, 15) is 24.7 Å². The van der Waals surface area contributed by atoms with Gasteiger partial charge in [-0.2, -0.15) is 5.26 Å². The Labute approximate surface area is 242 Å². The molecule has 0 bridgehead atoms. The minimum absolute atomic E-state index is 0.0479. The van der Waals surface area contributed by atoms with Gasteiger partial charge >= 0.3 is 0 Å². The normalized spacial score (nSPS) is 31.9. The summed E-state index contributed by atoms with van der Waals surface area (Å²) < 4.78 is 15.2. The Morgan fingerprint density at radius 1 is 1.12 bits per heavy atom. The molecule has 0 radical (unpaired) electrons. The monoisotopic (exact) mass is 573 g/mol. The molecule has 0 saturated heterocycles. The van der Waals surface area contributed by atoms with Crippen LogP contribution >= 0.6 is 11.6 Å². The molecule has 2 aromatic heterocycles. The second kappa shape index (κ2) is 9.95. The molecule has 210 valence electrons. The predicted molar refractivity (Wildman–Crippen MR) is 149 cm³/mol. The second-order valence-corrected chi connectivity index (χ2v) is 12.3. The zero-order chi connectivity index (χ0) is 29.0. The highest BCUT2D eigenvalue weighted by molar-refractivity contribution is 6.31. The number of amides is 1. The molecule has 2 unspecified atom stereocenters. The minimum atomic E-state index is -1.34. The van der Waals surface area contributed by atoms with Crippen LogP contribution in [0.15, 0.2) is 48.9 Å². The van der Waals surface area contributed by atoms with Crippen molar-refractivity contribution in [3.05, 3.63) is 76.8 Å². The molecule has 2 atom stereocenters. The summed E-state index contributed by atoms with van der Waals surface area (Å²) in [6.07, 6.45) is 6.02. The summed E-state index contributed by atoms with van der Waals surface area (Å²) in [5.41, 5.74) is -1.27. The van der Waals surface area contributed by atoms with Gasteiger partial charge in [-0.3, -0.25) is 9.78 Å². The highest BCUT2D eigenvalue weighted by Gasteiger charge is 2.56. The Kier molecular flexibility index (Phi) is 6.66. The van der Waals surface area contributed by atoms with Crippen molar-refractivity contribution < 1.29 is 19.4 Å². The summed E-state index contributed by atoms with van der Waals surface area (Å²) >= 11 is 5.87. The van der Waals surface area contributed by atoms with Crippen LogP contribution in [0.3, 0.4) is 0 Å². The van der Waals surface area contributed by atoms with Crippen LogP contribution in [0.2, 0.25) is 5.02 Å². The molecular weight excluding hydrogens is 545 g/mol. The topological polar surface area (TPSA) is 124 Å². The molecule has 3 aliphatic carbocycles. The van der Waals surface area contributed by atoms with Crippen LogP contribution in [0.4, 0.5) is 10.1 Å². The molecule has 41 heavy (non-hydrogen) atoms. The third-order valence-corrected chi connectivity index (χ3v) is 9.16. The molecule has 1 aromatic carbocycles. The molecule has 2 heterocycles. The van der Waals surface area contributed by atoms with Crippen LogP contribution < -0.4 is 5.32 Å². The van der Waals surface area contributed by atoms with Gasteiger partial charge in [-0.15, -0.1) is 0 Å². The van der Waals surface area contributed by atoms with E-state index in [2.05, 4.69) is 33.2 Å². The standard InChI is InChI=1S/C31H29ClFN5O3/c1-38-18-36-26(27(38)28(39)37-22-5-6-24(33)23(32)12-22)19-10-20-13-30(40,14-21(20)11-19)7-8-31(41)15-29(16-31,17-34)25-4-2-3-9-35-25/h2-6,9,12,18-21,40-41H,10-11,13-16H2,1H3,(H,37,39). The van der Waals surface area contributed by atoms with Crippen molar-refractivity contribution in [2.75, 3.05) is 5.32 Å². The second-order valence-electron chi connectivity index (χ2n) is 11.8. The highest BCUT2D eigenvalue weighted by Crippen LogP contribution is 2.54. The van der Waals surface area contributed by atoms with Crippen LogP contribution in [0.1, 0.15) is 66.3 Å². The van der Waals surface area contributed by atoms with E-state index in [0.717, 1.165) is 12.8 Å². The van der Waals surface area contributed by atoms with E-state index in [0.29, 0.717) is 35.6 Å². The number of hydrogen-bond donors (Lipinski definition) is 3. The predicted octanol–water partition coefficient (Wildman–Crippen LogP) is 4.48. The van der Waals surface area contributed by atoms with Crippen molar-refractivity contribution in [3.63, 3.8) is 0 Å². The van der Waals surface area contributed by atoms with Gasteiger partial charge < -0.3 is 20.1 Å². The van der Waals surface area contributed by atoms with Gasteiger partial charge in [-0.1, -0.05) is 29.5 Å². The number of carbonyl (C=O) groups excluding carboxylic acids is 1. The third kappa shape index (κ3) is 4.99. The van der Waals surface area contributed by atoms with Crippen LogP contribution in [-0.2, 0) is 12.5 Å². The lowest BCUT2D eigenvalue weighted by Gasteiger charge is -2.45.